The van der Waals surface area contributed by atoms with Gasteiger partial charge in [-0.25, -0.2) is 4.79 Å². The minimum atomic E-state index is -3.52. The van der Waals surface area contributed by atoms with E-state index in [1.54, 1.807) is 20.8 Å². The highest BCUT2D eigenvalue weighted by Gasteiger charge is 2.24. The normalized spacial score (nSPS) is 18.7. The van der Waals surface area contributed by atoms with E-state index in [4.69, 9.17) is 8.92 Å². The fraction of sp³-hybridized carbons (Fsp3) is 0.933. The summed E-state index contributed by atoms with van der Waals surface area (Å²) in [6, 6.07) is -0.354. The molecule has 0 aliphatic heterocycles. The fourth-order valence-corrected chi connectivity index (χ4v) is 3.09. The molecule has 0 saturated heterocycles. The number of carbonyl (C=O) groups excluding carboxylic acids is 1. The van der Waals surface area contributed by atoms with Gasteiger partial charge in [0.1, 0.15) is 5.60 Å². The molecule has 1 N–H and O–H groups in total. The van der Waals surface area contributed by atoms with Crippen molar-refractivity contribution in [2.75, 3.05) is 12.9 Å². The van der Waals surface area contributed by atoms with Gasteiger partial charge in [-0.3, -0.25) is 4.18 Å². The molecule has 0 heterocycles. The zero-order valence-electron chi connectivity index (χ0n) is 14.1. The largest absolute Gasteiger partial charge is 0.444 e. The first-order valence-electron chi connectivity index (χ1n) is 7.89. The van der Waals surface area contributed by atoms with Gasteiger partial charge < -0.3 is 10.1 Å². The minimum Gasteiger partial charge on any atom is -0.444 e. The Morgan fingerprint density at radius 2 is 1.82 bits per heavy atom. The highest BCUT2D eigenvalue weighted by Crippen LogP contribution is 2.27. The maximum atomic E-state index is 11.9. The summed E-state index contributed by atoms with van der Waals surface area (Å²) >= 11 is 0. The van der Waals surface area contributed by atoms with Gasteiger partial charge in [0.2, 0.25) is 0 Å². The Morgan fingerprint density at radius 3 is 2.32 bits per heavy atom. The molecule has 0 bridgehead atoms. The molecule has 130 valence electrons. The molecule has 6 nitrogen and oxygen atoms in total. The Morgan fingerprint density at radius 1 is 1.23 bits per heavy atom. The first-order valence-corrected chi connectivity index (χ1v) is 9.71. The van der Waals surface area contributed by atoms with Gasteiger partial charge >= 0.3 is 6.09 Å². The molecule has 1 aliphatic rings. The lowest BCUT2D eigenvalue weighted by molar-refractivity contribution is 0.0476. The van der Waals surface area contributed by atoms with E-state index in [1.165, 1.54) is 19.3 Å². The highest BCUT2D eigenvalue weighted by molar-refractivity contribution is 7.85. The number of ether oxygens (including phenoxy) is 1. The van der Waals surface area contributed by atoms with E-state index in [-0.39, 0.29) is 12.6 Å². The number of hydrogen-bond donors (Lipinski definition) is 1. The van der Waals surface area contributed by atoms with Gasteiger partial charge in [-0.15, -0.1) is 0 Å². The lowest BCUT2D eigenvalue weighted by Gasteiger charge is -2.28. The third kappa shape index (κ3) is 9.25. The third-order valence-corrected chi connectivity index (χ3v) is 4.11. The Balaban J connectivity index is 2.57. The quantitative estimate of drug-likeness (QED) is 0.755. The zero-order valence-corrected chi connectivity index (χ0v) is 14.9. The van der Waals surface area contributed by atoms with Crippen LogP contribution < -0.4 is 5.32 Å². The molecule has 1 fully saturated rings. The molecule has 0 aromatic heterocycles. The predicted octanol–water partition coefficient (Wildman–Crippen LogP) is 2.83. The molecule has 1 amide bonds. The van der Waals surface area contributed by atoms with Crippen molar-refractivity contribution >= 4 is 16.2 Å². The van der Waals surface area contributed by atoms with Crippen molar-refractivity contribution in [3.63, 3.8) is 0 Å². The van der Waals surface area contributed by atoms with Crippen LogP contribution in [0.15, 0.2) is 0 Å². The molecule has 0 aromatic carbocycles. The second kappa shape index (κ2) is 8.15. The third-order valence-electron chi connectivity index (χ3n) is 3.55. The van der Waals surface area contributed by atoms with Gasteiger partial charge in [0.05, 0.1) is 18.9 Å². The van der Waals surface area contributed by atoms with Crippen molar-refractivity contribution in [3.8, 4) is 0 Å². The average molecular weight is 335 g/mol. The van der Waals surface area contributed by atoms with Crippen LogP contribution in [0, 0.1) is 5.92 Å². The van der Waals surface area contributed by atoms with Crippen molar-refractivity contribution < 1.29 is 22.1 Å². The van der Waals surface area contributed by atoms with Crippen molar-refractivity contribution in [1.29, 1.82) is 0 Å². The van der Waals surface area contributed by atoms with Gasteiger partial charge in [-0.05, 0) is 33.1 Å². The molecule has 0 unspecified atom stereocenters. The van der Waals surface area contributed by atoms with Crippen molar-refractivity contribution in [3.05, 3.63) is 0 Å². The number of nitrogens with one attached hydrogen (secondary N) is 1. The van der Waals surface area contributed by atoms with E-state index in [0.717, 1.165) is 25.5 Å². The van der Waals surface area contributed by atoms with Crippen LogP contribution in [0.25, 0.3) is 0 Å². The number of rotatable bonds is 6. The van der Waals surface area contributed by atoms with E-state index in [9.17, 15) is 13.2 Å². The molecular formula is C15H29NO5S. The summed E-state index contributed by atoms with van der Waals surface area (Å²) in [5.74, 6) is 0.497. The summed E-state index contributed by atoms with van der Waals surface area (Å²) in [5, 5.41) is 2.74. The Bertz CT molecular complexity index is 449. The van der Waals surface area contributed by atoms with E-state index in [2.05, 4.69) is 5.32 Å². The molecule has 7 heteroatoms. The Kier molecular flexibility index (Phi) is 7.12. The van der Waals surface area contributed by atoms with E-state index in [0.29, 0.717) is 5.92 Å². The predicted molar refractivity (Wildman–Crippen MR) is 85.1 cm³/mol. The summed E-state index contributed by atoms with van der Waals surface area (Å²) in [6.45, 7) is 5.32. The van der Waals surface area contributed by atoms with Gasteiger partial charge in [0.25, 0.3) is 10.1 Å². The number of carbonyl (C=O) groups is 1. The topological polar surface area (TPSA) is 81.7 Å². The van der Waals surface area contributed by atoms with Crippen molar-refractivity contribution in [2.24, 2.45) is 5.92 Å². The SMILES string of the molecule is CC(C)(C)OC(=O)N[C@@H](COS(C)(=O)=O)CC1CCCCC1. The number of hydrogen-bond acceptors (Lipinski definition) is 5. The average Bonchev–Trinajstić information content (AvgIpc) is 2.34. The lowest BCUT2D eigenvalue weighted by atomic mass is 9.85. The van der Waals surface area contributed by atoms with Gasteiger partial charge in [-0.2, -0.15) is 8.42 Å². The molecular weight excluding hydrogens is 306 g/mol. The standard InChI is InChI=1S/C15H29NO5S/c1-15(2,3)21-14(17)16-13(11-20-22(4,18)19)10-12-8-6-5-7-9-12/h12-13H,5-11H2,1-4H3,(H,16,17)/t13-/m1/s1. The van der Waals surface area contributed by atoms with Crippen LogP contribution in [0.2, 0.25) is 0 Å². The van der Waals surface area contributed by atoms with Crippen LogP contribution in [-0.4, -0.2) is 39.0 Å². The van der Waals surface area contributed by atoms with E-state index < -0.39 is 21.8 Å². The van der Waals surface area contributed by atoms with Crippen LogP contribution in [0.4, 0.5) is 4.79 Å². The van der Waals surface area contributed by atoms with Crippen LogP contribution in [0.5, 0.6) is 0 Å². The molecule has 1 aliphatic carbocycles. The Labute approximate surface area is 134 Å². The molecule has 22 heavy (non-hydrogen) atoms. The molecule has 0 radical (unpaired) electrons. The lowest BCUT2D eigenvalue weighted by Crippen LogP contribution is -2.43. The molecule has 1 rings (SSSR count). The smallest absolute Gasteiger partial charge is 0.407 e. The number of amides is 1. The number of alkyl carbamates (subject to hydrolysis) is 1. The Hall–Kier alpha value is -0.820. The van der Waals surface area contributed by atoms with E-state index in [1.807, 2.05) is 0 Å². The zero-order chi connectivity index (χ0) is 16.8. The maximum absolute atomic E-state index is 11.9. The maximum Gasteiger partial charge on any atom is 0.407 e. The summed E-state index contributed by atoms with van der Waals surface area (Å²) in [5.41, 5.74) is -0.586. The van der Waals surface area contributed by atoms with E-state index >= 15 is 0 Å². The van der Waals surface area contributed by atoms with Gasteiger partial charge in [-0.1, -0.05) is 32.1 Å². The summed E-state index contributed by atoms with van der Waals surface area (Å²) in [4.78, 5) is 11.9. The minimum absolute atomic E-state index is 0.0470. The van der Waals surface area contributed by atoms with Crippen LogP contribution in [0.1, 0.15) is 59.3 Å². The highest BCUT2D eigenvalue weighted by atomic mass is 32.2. The second-order valence-electron chi connectivity index (χ2n) is 7.07. The summed E-state index contributed by atoms with van der Waals surface area (Å²) in [6.07, 6.45) is 7.06. The van der Waals surface area contributed by atoms with Gasteiger partial charge in [0, 0.05) is 0 Å². The van der Waals surface area contributed by atoms with Crippen LogP contribution >= 0.6 is 0 Å². The fourth-order valence-electron chi connectivity index (χ4n) is 2.67. The molecule has 0 aromatic rings. The molecule has 0 spiro atoms. The van der Waals surface area contributed by atoms with Crippen LogP contribution in [0.3, 0.4) is 0 Å². The van der Waals surface area contributed by atoms with Crippen LogP contribution in [-0.2, 0) is 19.0 Å². The monoisotopic (exact) mass is 335 g/mol. The second-order valence-corrected chi connectivity index (χ2v) is 8.72. The summed E-state index contributed by atoms with van der Waals surface area (Å²) < 4.78 is 32.5. The molecule has 1 saturated carbocycles. The van der Waals surface area contributed by atoms with Crippen molar-refractivity contribution in [1.82, 2.24) is 5.32 Å². The van der Waals surface area contributed by atoms with Crippen molar-refractivity contribution in [2.45, 2.75) is 70.9 Å². The first kappa shape index (κ1) is 19.2. The summed E-state index contributed by atoms with van der Waals surface area (Å²) in [7, 11) is -3.52. The molecule has 1 atom stereocenters. The first-order chi connectivity index (χ1) is 10.1. The van der Waals surface area contributed by atoms with Gasteiger partial charge in [0.15, 0.2) is 0 Å².